The predicted molar refractivity (Wildman–Crippen MR) is 64.3 cm³/mol. The summed E-state index contributed by atoms with van der Waals surface area (Å²) in [4.78, 5) is 8.54. The molecule has 2 aromatic heterocycles. The molecule has 1 aliphatic heterocycles. The summed E-state index contributed by atoms with van der Waals surface area (Å²) in [6.07, 6.45) is 2.73. The molecule has 3 rings (SSSR count). The maximum Gasteiger partial charge on any atom is 0.231 e. The van der Waals surface area contributed by atoms with E-state index in [0.29, 0.717) is 23.5 Å². The molecule has 0 unspecified atom stereocenters. The van der Waals surface area contributed by atoms with Crippen LogP contribution in [0.15, 0.2) is 22.9 Å². The number of ether oxygens (including phenoxy) is 1. The second-order valence-electron chi connectivity index (χ2n) is 4.24. The molecule has 2 aromatic rings. The quantitative estimate of drug-likeness (QED) is 0.877. The lowest BCUT2D eigenvalue weighted by molar-refractivity contribution is 0.359. The number of nitrogens with zero attached hydrogens (tertiary/aromatic N) is 3. The molecule has 0 aromatic carbocycles. The van der Waals surface area contributed by atoms with E-state index >= 15 is 0 Å². The van der Waals surface area contributed by atoms with Gasteiger partial charge in [0.1, 0.15) is 0 Å². The maximum atomic E-state index is 5.30. The van der Waals surface area contributed by atoms with Gasteiger partial charge in [-0.1, -0.05) is 5.16 Å². The number of methoxy groups -OCH3 is 1. The van der Waals surface area contributed by atoms with Crippen LogP contribution in [0.25, 0.3) is 11.4 Å². The first-order chi connectivity index (χ1) is 8.86. The van der Waals surface area contributed by atoms with Crippen LogP contribution in [0.1, 0.15) is 18.2 Å². The van der Waals surface area contributed by atoms with Gasteiger partial charge in [0, 0.05) is 24.4 Å². The van der Waals surface area contributed by atoms with Crippen molar-refractivity contribution in [1.29, 1.82) is 0 Å². The Labute approximate surface area is 104 Å². The third-order valence-electron chi connectivity index (χ3n) is 3.05. The Morgan fingerprint density at radius 1 is 1.44 bits per heavy atom. The number of aromatic nitrogens is 3. The van der Waals surface area contributed by atoms with Crippen molar-refractivity contribution in [1.82, 2.24) is 20.4 Å². The van der Waals surface area contributed by atoms with Gasteiger partial charge >= 0.3 is 0 Å². The van der Waals surface area contributed by atoms with E-state index in [1.807, 2.05) is 6.07 Å². The minimum Gasteiger partial charge on any atom is -0.481 e. The van der Waals surface area contributed by atoms with Gasteiger partial charge in [0.2, 0.25) is 17.6 Å². The first-order valence-electron chi connectivity index (χ1n) is 5.91. The smallest absolute Gasteiger partial charge is 0.231 e. The summed E-state index contributed by atoms with van der Waals surface area (Å²) in [5.74, 6) is 2.18. The Balaban J connectivity index is 1.82. The minimum atomic E-state index is 0.331. The van der Waals surface area contributed by atoms with E-state index in [9.17, 15) is 0 Å². The van der Waals surface area contributed by atoms with Gasteiger partial charge in [-0.15, -0.1) is 0 Å². The van der Waals surface area contributed by atoms with E-state index in [4.69, 9.17) is 9.26 Å². The van der Waals surface area contributed by atoms with Gasteiger partial charge in [-0.05, 0) is 19.0 Å². The first kappa shape index (κ1) is 11.2. The van der Waals surface area contributed by atoms with Crippen molar-refractivity contribution >= 4 is 0 Å². The Kier molecular flexibility index (Phi) is 2.93. The lowest BCUT2D eigenvalue weighted by atomic mass is 10.1. The van der Waals surface area contributed by atoms with E-state index in [1.54, 1.807) is 19.4 Å². The van der Waals surface area contributed by atoms with Crippen LogP contribution in [-0.4, -0.2) is 35.3 Å². The molecule has 0 saturated carbocycles. The second kappa shape index (κ2) is 4.73. The van der Waals surface area contributed by atoms with Crippen LogP contribution in [-0.2, 0) is 0 Å². The molecule has 0 amide bonds. The largest absolute Gasteiger partial charge is 0.481 e. The number of rotatable bonds is 3. The van der Waals surface area contributed by atoms with Crippen LogP contribution in [0, 0.1) is 0 Å². The van der Waals surface area contributed by atoms with E-state index in [1.165, 1.54) is 0 Å². The summed E-state index contributed by atoms with van der Waals surface area (Å²) in [6.45, 7) is 1.91. The Hall–Kier alpha value is -1.95. The molecule has 0 radical (unpaired) electrons. The average Bonchev–Trinajstić information content (AvgIpc) is 3.09. The molecule has 1 N–H and O–H groups in total. The van der Waals surface area contributed by atoms with Gasteiger partial charge in [0.15, 0.2) is 0 Å². The van der Waals surface area contributed by atoms with Crippen molar-refractivity contribution in [2.24, 2.45) is 0 Å². The number of pyridine rings is 1. The fourth-order valence-corrected chi connectivity index (χ4v) is 2.02. The number of nitrogens with one attached hydrogen (secondary N) is 1. The fraction of sp³-hybridized carbons (Fsp3) is 0.417. The Morgan fingerprint density at radius 3 is 3.06 bits per heavy atom. The highest BCUT2D eigenvalue weighted by molar-refractivity contribution is 5.53. The summed E-state index contributed by atoms with van der Waals surface area (Å²) >= 11 is 0. The SMILES string of the molecule is COc1ccc(-c2noc([C@H]3CCNC3)n2)cn1. The highest BCUT2D eigenvalue weighted by Gasteiger charge is 2.23. The molecule has 3 heterocycles. The van der Waals surface area contributed by atoms with Crippen molar-refractivity contribution in [3.05, 3.63) is 24.2 Å². The standard InChI is InChI=1S/C12H14N4O2/c1-17-10-3-2-8(7-14-10)11-15-12(18-16-11)9-4-5-13-6-9/h2-3,7,9,13H,4-6H2,1H3/t9-/m0/s1. The van der Waals surface area contributed by atoms with Crippen LogP contribution in [0.4, 0.5) is 0 Å². The molecule has 0 bridgehead atoms. The van der Waals surface area contributed by atoms with Gasteiger partial charge in [-0.3, -0.25) is 0 Å². The molecule has 1 fully saturated rings. The predicted octanol–water partition coefficient (Wildman–Crippen LogP) is 1.22. The van der Waals surface area contributed by atoms with Crippen LogP contribution in [0.3, 0.4) is 0 Å². The van der Waals surface area contributed by atoms with Gasteiger partial charge in [0.25, 0.3) is 0 Å². The summed E-state index contributed by atoms with van der Waals surface area (Å²) in [5.41, 5.74) is 0.830. The summed E-state index contributed by atoms with van der Waals surface area (Å²) in [7, 11) is 1.58. The molecule has 1 atom stereocenters. The Morgan fingerprint density at radius 2 is 2.39 bits per heavy atom. The van der Waals surface area contributed by atoms with E-state index in [0.717, 1.165) is 25.1 Å². The third kappa shape index (κ3) is 2.06. The molecule has 1 saturated heterocycles. The zero-order valence-electron chi connectivity index (χ0n) is 10.1. The van der Waals surface area contributed by atoms with Gasteiger partial charge < -0.3 is 14.6 Å². The summed E-state index contributed by atoms with van der Waals surface area (Å²) in [5, 5.41) is 7.27. The van der Waals surface area contributed by atoms with Crippen LogP contribution >= 0.6 is 0 Å². The average molecular weight is 246 g/mol. The number of hydrogen-bond donors (Lipinski definition) is 1. The van der Waals surface area contributed by atoms with E-state index < -0.39 is 0 Å². The lowest BCUT2D eigenvalue weighted by Gasteiger charge is -1.99. The zero-order valence-corrected chi connectivity index (χ0v) is 10.1. The Bertz CT molecular complexity index is 517. The van der Waals surface area contributed by atoms with Crippen LogP contribution in [0.5, 0.6) is 5.88 Å². The van der Waals surface area contributed by atoms with Crippen molar-refractivity contribution in [3.8, 4) is 17.3 Å². The summed E-state index contributed by atoms with van der Waals surface area (Å²) in [6, 6.07) is 3.65. The molecule has 1 aliphatic rings. The first-order valence-corrected chi connectivity index (χ1v) is 5.91. The van der Waals surface area contributed by atoms with Gasteiger partial charge in [0.05, 0.1) is 13.0 Å². The van der Waals surface area contributed by atoms with Crippen molar-refractivity contribution < 1.29 is 9.26 Å². The van der Waals surface area contributed by atoms with Crippen molar-refractivity contribution in [2.75, 3.05) is 20.2 Å². The number of hydrogen-bond acceptors (Lipinski definition) is 6. The zero-order chi connectivity index (χ0) is 12.4. The molecule has 0 spiro atoms. The molecular formula is C12H14N4O2. The normalized spacial score (nSPS) is 19.1. The maximum absolute atomic E-state index is 5.30. The lowest BCUT2D eigenvalue weighted by Crippen LogP contribution is -2.08. The van der Waals surface area contributed by atoms with E-state index in [2.05, 4.69) is 20.4 Å². The van der Waals surface area contributed by atoms with Crippen LogP contribution in [0.2, 0.25) is 0 Å². The third-order valence-corrected chi connectivity index (χ3v) is 3.05. The van der Waals surface area contributed by atoms with Crippen LogP contribution < -0.4 is 10.1 Å². The van der Waals surface area contributed by atoms with E-state index in [-0.39, 0.29) is 0 Å². The highest BCUT2D eigenvalue weighted by atomic mass is 16.5. The molecule has 6 nitrogen and oxygen atoms in total. The second-order valence-corrected chi connectivity index (χ2v) is 4.24. The van der Waals surface area contributed by atoms with Crippen molar-refractivity contribution in [3.63, 3.8) is 0 Å². The monoisotopic (exact) mass is 246 g/mol. The highest BCUT2D eigenvalue weighted by Crippen LogP contribution is 2.23. The summed E-state index contributed by atoms with van der Waals surface area (Å²) < 4.78 is 10.3. The molecule has 18 heavy (non-hydrogen) atoms. The fourth-order valence-electron chi connectivity index (χ4n) is 2.02. The molecule has 94 valence electrons. The minimum absolute atomic E-state index is 0.331. The van der Waals surface area contributed by atoms with Gasteiger partial charge in [-0.2, -0.15) is 4.98 Å². The molecular weight excluding hydrogens is 232 g/mol. The topological polar surface area (TPSA) is 73.1 Å². The molecule has 6 heteroatoms. The van der Waals surface area contributed by atoms with Gasteiger partial charge in [-0.25, -0.2) is 4.98 Å². The molecule has 0 aliphatic carbocycles. The van der Waals surface area contributed by atoms with Crippen molar-refractivity contribution in [2.45, 2.75) is 12.3 Å².